The zero-order valence-electron chi connectivity index (χ0n) is 10.3. The summed E-state index contributed by atoms with van der Waals surface area (Å²) in [5.74, 6) is -2.11. The number of nitrogens with one attached hydrogen (secondary N) is 1. The number of ether oxygens (including phenoxy) is 1. The van der Waals surface area contributed by atoms with Crippen LogP contribution in [0.15, 0.2) is 4.99 Å². The first-order valence-electron chi connectivity index (χ1n) is 5.69. The minimum Gasteiger partial charge on any atom is -0.481 e. The summed E-state index contributed by atoms with van der Waals surface area (Å²) in [6, 6.07) is -0.934. The van der Waals surface area contributed by atoms with E-state index in [1.807, 2.05) is 0 Å². The molecule has 0 aliphatic carbocycles. The predicted octanol–water partition coefficient (Wildman–Crippen LogP) is -4.51. The lowest BCUT2D eigenvalue weighted by molar-refractivity contribution is -0.151. The van der Waals surface area contributed by atoms with Crippen molar-refractivity contribution in [1.29, 1.82) is 0 Å². The van der Waals surface area contributed by atoms with Crippen molar-refractivity contribution in [2.45, 2.75) is 30.5 Å². The van der Waals surface area contributed by atoms with Crippen LogP contribution in [0.4, 0.5) is 0 Å². The average molecular weight is 292 g/mol. The van der Waals surface area contributed by atoms with E-state index in [0.717, 1.165) is 6.40 Å². The molecule has 0 fully saturated rings. The Morgan fingerprint density at radius 3 is 2.45 bits per heavy atom. The van der Waals surface area contributed by atoms with Crippen LogP contribution in [0.3, 0.4) is 0 Å². The highest BCUT2D eigenvalue weighted by Crippen LogP contribution is 2.06. The fourth-order valence-corrected chi connectivity index (χ4v) is 1.39. The fraction of sp³-hybridized carbons (Fsp3) is 0.700. The molecular formula is C10H16N2O8. The van der Waals surface area contributed by atoms with Gasteiger partial charge in [0.1, 0.15) is 24.9 Å². The highest BCUT2D eigenvalue weighted by molar-refractivity contribution is 6.00. The third kappa shape index (κ3) is 3.95. The molecule has 0 aromatic carbocycles. The van der Waals surface area contributed by atoms with Gasteiger partial charge in [-0.1, -0.05) is 0 Å². The van der Waals surface area contributed by atoms with Crippen LogP contribution in [0.2, 0.25) is 0 Å². The molecule has 20 heavy (non-hydrogen) atoms. The van der Waals surface area contributed by atoms with Crippen molar-refractivity contribution in [2.75, 3.05) is 13.2 Å². The van der Waals surface area contributed by atoms with Crippen molar-refractivity contribution in [3.05, 3.63) is 0 Å². The molecule has 1 rings (SSSR count). The van der Waals surface area contributed by atoms with Gasteiger partial charge in [0, 0.05) is 0 Å². The highest BCUT2D eigenvalue weighted by Gasteiger charge is 2.35. The molecule has 0 bridgehead atoms. The molecule has 0 spiro atoms. The van der Waals surface area contributed by atoms with Crippen molar-refractivity contribution < 1.29 is 39.9 Å². The number of aliphatic hydroxyl groups is 5. The Kier molecular flexibility index (Phi) is 5.98. The van der Waals surface area contributed by atoms with Gasteiger partial charge in [0.15, 0.2) is 18.5 Å². The summed E-state index contributed by atoms with van der Waals surface area (Å²) < 4.78 is 4.68. The Bertz CT molecular complexity index is 387. The minimum atomic E-state index is -2.17. The molecule has 10 nitrogen and oxygen atoms in total. The molecule has 1 heterocycles. The van der Waals surface area contributed by atoms with Crippen molar-refractivity contribution in [1.82, 2.24) is 5.32 Å². The summed E-state index contributed by atoms with van der Waals surface area (Å²) in [7, 11) is 0. The van der Waals surface area contributed by atoms with E-state index < -0.39 is 48.9 Å². The van der Waals surface area contributed by atoms with Crippen LogP contribution in [0, 0.1) is 0 Å². The molecule has 114 valence electrons. The standard InChI is InChI=1S/C10H16N2O8/c13-1-5(14)6(15)7(16)8(17)10(19)12-9(18)4-2-20-3-11-4/h3-8,13-17H,1-2H2,(H,12,18,19). The number of hydrogen-bond acceptors (Lipinski definition) is 9. The van der Waals surface area contributed by atoms with Crippen molar-refractivity contribution in [3.63, 3.8) is 0 Å². The largest absolute Gasteiger partial charge is 0.481 e. The second-order valence-corrected chi connectivity index (χ2v) is 4.13. The number of amides is 2. The Morgan fingerprint density at radius 2 is 1.95 bits per heavy atom. The number of rotatable bonds is 6. The van der Waals surface area contributed by atoms with Gasteiger partial charge in [0.25, 0.3) is 11.8 Å². The monoisotopic (exact) mass is 292 g/mol. The van der Waals surface area contributed by atoms with Gasteiger partial charge >= 0.3 is 0 Å². The molecule has 0 saturated carbocycles. The van der Waals surface area contributed by atoms with Crippen molar-refractivity contribution in [3.8, 4) is 0 Å². The molecule has 0 aromatic heterocycles. The van der Waals surface area contributed by atoms with Gasteiger partial charge in [-0.3, -0.25) is 14.9 Å². The zero-order chi connectivity index (χ0) is 15.3. The van der Waals surface area contributed by atoms with E-state index in [4.69, 9.17) is 10.2 Å². The molecule has 2 amide bonds. The third-order valence-electron chi connectivity index (χ3n) is 2.64. The summed E-state index contributed by atoms with van der Waals surface area (Å²) in [5, 5.41) is 47.6. The maximum Gasteiger partial charge on any atom is 0.258 e. The van der Waals surface area contributed by atoms with Gasteiger partial charge in [0.05, 0.1) is 6.61 Å². The number of carbonyl (C=O) groups excluding carboxylic acids is 2. The molecule has 6 N–H and O–H groups in total. The van der Waals surface area contributed by atoms with E-state index in [1.54, 1.807) is 5.32 Å². The van der Waals surface area contributed by atoms with E-state index in [1.165, 1.54) is 0 Å². The van der Waals surface area contributed by atoms with Gasteiger partial charge in [-0.05, 0) is 0 Å². The maximum absolute atomic E-state index is 11.5. The van der Waals surface area contributed by atoms with Crippen molar-refractivity contribution in [2.24, 2.45) is 4.99 Å². The van der Waals surface area contributed by atoms with Gasteiger partial charge < -0.3 is 30.3 Å². The first-order valence-corrected chi connectivity index (χ1v) is 5.69. The molecule has 1 aliphatic heterocycles. The van der Waals surface area contributed by atoms with Crippen LogP contribution < -0.4 is 5.32 Å². The van der Waals surface area contributed by atoms with Crippen LogP contribution in [0.5, 0.6) is 0 Å². The summed E-state index contributed by atoms with van der Waals surface area (Å²) >= 11 is 0. The number of hydrogen-bond donors (Lipinski definition) is 6. The van der Waals surface area contributed by atoms with Crippen molar-refractivity contribution >= 4 is 18.2 Å². The summed E-state index contributed by atoms with van der Waals surface area (Å²) in [4.78, 5) is 26.5. The van der Waals surface area contributed by atoms with E-state index >= 15 is 0 Å². The number of imide groups is 1. The first-order chi connectivity index (χ1) is 9.38. The fourth-order valence-electron chi connectivity index (χ4n) is 1.39. The molecule has 10 heteroatoms. The second-order valence-electron chi connectivity index (χ2n) is 4.13. The lowest BCUT2D eigenvalue weighted by atomic mass is 10.0. The first kappa shape index (κ1) is 16.5. The normalized spacial score (nSPS) is 23.6. The van der Waals surface area contributed by atoms with Crippen LogP contribution in [-0.2, 0) is 14.3 Å². The van der Waals surface area contributed by atoms with E-state index in [0.29, 0.717) is 0 Å². The number of aliphatic imine (C=N–C) groups is 1. The van der Waals surface area contributed by atoms with E-state index in [9.17, 15) is 24.9 Å². The summed E-state index contributed by atoms with van der Waals surface area (Å²) in [6.45, 7) is -0.927. The highest BCUT2D eigenvalue weighted by atomic mass is 16.5. The minimum absolute atomic E-state index is 0.0520. The van der Waals surface area contributed by atoms with Crippen LogP contribution in [-0.4, -0.2) is 87.4 Å². The average Bonchev–Trinajstić information content (AvgIpc) is 2.98. The number of nitrogens with zero attached hydrogens (tertiary/aromatic N) is 1. The van der Waals surface area contributed by atoms with Crippen LogP contribution in [0.25, 0.3) is 0 Å². The van der Waals surface area contributed by atoms with E-state index in [2.05, 4.69) is 9.73 Å². The Morgan fingerprint density at radius 1 is 1.30 bits per heavy atom. The lowest BCUT2D eigenvalue weighted by Gasteiger charge is -2.24. The maximum atomic E-state index is 11.5. The lowest BCUT2D eigenvalue weighted by Crippen LogP contribution is -2.53. The smallest absolute Gasteiger partial charge is 0.258 e. The number of carbonyl (C=O) groups is 2. The quantitative estimate of drug-likeness (QED) is 0.284. The summed E-state index contributed by atoms with van der Waals surface area (Å²) in [6.07, 6.45) is -6.89. The Balaban J connectivity index is 2.53. The van der Waals surface area contributed by atoms with E-state index in [-0.39, 0.29) is 6.61 Å². The second kappa shape index (κ2) is 7.26. The molecule has 5 unspecified atom stereocenters. The molecule has 1 aliphatic rings. The molecule has 0 saturated heterocycles. The molecule has 0 radical (unpaired) electrons. The van der Waals surface area contributed by atoms with Crippen LogP contribution in [0.1, 0.15) is 0 Å². The number of aliphatic hydroxyl groups excluding tert-OH is 5. The van der Waals surface area contributed by atoms with Gasteiger partial charge in [-0.25, -0.2) is 4.99 Å². The molecule has 0 aromatic rings. The van der Waals surface area contributed by atoms with Gasteiger partial charge in [-0.15, -0.1) is 0 Å². The SMILES string of the molecule is O=C(NC(=O)C(O)C(O)C(O)C(O)CO)C1COC=N1. The Labute approximate surface area is 113 Å². The molecule has 5 atom stereocenters. The third-order valence-corrected chi connectivity index (χ3v) is 2.64. The topological polar surface area (TPSA) is 169 Å². The predicted molar refractivity (Wildman–Crippen MR) is 62.5 cm³/mol. The summed E-state index contributed by atoms with van der Waals surface area (Å²) in [5.41, 5.74) is 0. The molecular weight excluding hydrogens is 276 g/mol. The van der Waals surface area contributed by atoms with Gasteiger partial charge in [-0.2, -0.15) is 0 Å². The zero-order valence-corrected chi connectivity index (χ0v) is 10.3. The van der Waals surface area contributed by atoms with Crippen LogP contribution >= 0.6 is 0 Å². The van der Waals surface area contributed by atoms with Gasteiger partial charge in [0.2, 0.25) is 0 Å². The Hall–Kier alpha value is -1.59.